The summed E-state index contributed by atoms with van der Waals surface area (Å²) in [5, 5.41) is 0. The van der Waals surface area contributed by atoms with Crippen LogP contribution < -0.4 is 0 Å². The van der Waals surface area contributed by atoms with Crippen LogP contribution in [0.4, 0.5) is 0 Å². The van der Waals surface area contributed by atoms with Crippen molar-refractivity contribution in [2.45, 2.75) is 32.6 Å². The average molecular weight is 124 g/mol. The van der Waals surface area contributed by atoms with Crippen molar-refractivity contribution in [1.29, 1.82) is 0 Å². The van der Waals surface area contributed by atoms with Crippen LogP contribution in [0.2, 0.25) is 0 Å². The van der Waals surface area contributed by atoms with E-state index in [1.54, 1.807) is 0 Å². The van der Waals surface area contributed by atoms with Gasteiger partial charge in [0.1, 0.15) is 0 Å². The lowest BCUT2D eigenvalue weighted by atomic mass is 10.2. The Balaban J connectivity index is 2.82. The summed E-state index contributed by atoms with van der Waals surface area (Å²) >= 11 is 0. The quantitative estimate of drug-likeness (QED) is 0.389. The van der Waals surface area contributed by atoms with Gasteiger partial charge in [-0.25, -0.2) is 0 Å². The summed E-state index contributed by atoms with van der Waals surface area (Å²) in [7, 11) is 0. The lowest BCUT2D eigenvalue weighted by Gasteiger charge is -1.90. The van der Waals surface area contributed by atoms with Crippen LogP contribution in [0, 0.1) is 0 Å². The summed E-state index contributed by atoms with van der Waals surface area (Å²) in [4.78, 5) is 0. The van der Waals surface area contributed by atoms with E-state index in [0.717, 1.165) is 6.42 Å². The Hall–Kier alpha value is -0.520. The third kappa shape index (κ3) is 7.48. The van der Waals surface area contributed by atoms with Gasteiger partial charge in [-0.05, 0) is 32.6 Å². The zero-order chi connectivity index (χ0) is 6.95. The first-order chi connectivity index (χ1) is 4.41. The molecule has 0 aliphatic rings. The number of rotatable bonds is 5. The fourth-order valence-corrected chi connectivity index (χ4v) is 0.718. The molecule has 0 rings (SSSR count). The summed E-state index contributed by atoms with van der Waals surface area (Å²) in [6.07, 6.45) is 11.3. The number of unbranched alkanes of at least 4 members (excludes halogenated alkanes) is 3. The third-order valence-electron chi connectivity index (χ3n) is 1.26. The molecule has 0 heteroatoms. The molecule has 0 saturated heterocycles. The van der Waals surface area contributed by atoms with Crippen molar-refractivity contribution >= 4 is 0 Å². The van der Waals surface area contributed by atoms with Crippen LogP contribution in [-0.4, -0.2) is 0 Å². The van der Waals surface area contributed by atoms with E-state index in [1.165, 1.54) is 19.3 Å². The molecular formula is C9H16. The maximum Gasteiger partial charge on any atom is -0.0351 e. The Morgan fingerprint density at radius 3 is 2.44 bits per heavy atom. The van der Waals surface area contributed by atoms with Crippen LogP contribution in [0.3, 0.4) is 0 Å². The van der Waals surface area contributed by atoms with Gasteiger partial charge in [0.15, 0.2) is 0 Å². The van der Waals surface area contributed by atoms with Gasteiger partial charge in [0.05, 0.1) is 0 Å². The Bertz CT molecular complexity index is 80.0. The molecule has 9 heavy (non-hydrogen) atoms. The van der Waals surface area contributed by atoms with E-state index >= 15 is 0 Å². The fraction of sp³-hybridized carbons (Fsp3) is 0.556. The first-order valence-corrected chi connectivity index (χ1v) is 3.64. The molecule has 0 bridgehead atoms. The largest absolute Gasteiger partial charge is 0.103 e. The van der Waals surface area contributed by atoms with Gasteiger partial charge >= 0.3 is 0 Å². The van der Waals surface area contributed by atoms with Gasteiger partial charge in [0, 0.05) is 0 Å². The van der Waals surface area contributed by atoms with Crippen LogP contribution >= 0.6 is 0 Å². The maximum atomic E-state index is 3.66. The van der Waals surface area contributed by atoms with E-state index in [1.807, 2.05) is 6.08 Å². The highest BCUT2D eigenvalue weighted by Gasteiger charge is 1.80. The summed E-state index contributed by atoms with van der Waals surface area (Å²) in [6, 6.07) is 0. The van der Waals surface area contributed by atoms with Gasteiger partial charge in [-0.15, -0.1) is 6.58 Å². The Morgan fingerprint density at radius 2 is 1.89 bits per heavy atom. The second-order valence-corrected chi connectivity index (χ2v) is 2.14. The second-order valence-electron chi connectivity index (χ2n) is 2.14. The molecule has 0 amide bonds. The standard InChI is InChI=1S/C9H16/c1-3-5-7-9-8-6-4-2/h3-4,6H,1,5,7-9H2,2H3/b6-4+. The highest BCUT2D eigenvalue weighted by atomic mass is 13.9. The van der Waals surface area contributed by atoms with Gasteiger partial charge in [-0.3, -0.25) is 0 Å². The molecule has 0 heterocycles. The van der Waals surface area contributed by atoms with Crippen LogP contribution in [0.15, 0.2) is 24.8 Å². The van der Waals surface area contributed by atoms with Crippen molar-refractivity contribution in [3.05, 3.63) is 24.8 Å². The smallest absolute Gasteiger partial charge is 0.0351 e. The van der Waals surface area contributed by atoms with Crippen molar-refractivity contribution in [2.75, 3.05) is 0 Å². The van der Waals surface area contributed by atoms with Gasteiger partial charge in [0.25, 0.3) is 0 Å². The van der Waals surface area contributed by atoms with Crippen LogP contribution in [0.25, 0.3) is 0 Å². The summed E-state index contributed by atoms with van der Waals surface area (Å²) in [5.74, 6) is 0. The van der Waals surface area contributed by atoms with Crippen LogP contribution in [0.5, 0.6) is 0 Å². The third-order valence-corrected chi connectivity index (χ3v) is 1.26. The van der Waals surface area contributed by atoms with Crippen molar-refractivity contribution < 1.29 is 0 Å². The predicted molar refractivity (Wildman–Crippen MR) is 43.5 cm³/mol. The second kappa shape index (κ2) is 7.48. The molecule has 0 radical (unpaired) electrons. The number of allylic oxidation sites excluding steroid dienone is 3. The van der Waals surface area contributed by atoms with E-state index in [0.29, 0.717) is 0 Å². The monoisotopic (exact) mass is 124 g/mol. The van der Waals surface area contributed by atoms with Crippen molar-refractivity contribution in [3.8, 4) is 0 Å². The highest BCUT2D eigenvalue weighted by Crippen LogP contribution is 2.00. The molecule has 0 aromatic rings. The van der Waals surface area contributed by atoms with E-state index in [4.69, 9.17) is 0 Å². The topological polar surface area (TPSA) is 0 Å². The first kappa shape index (κ1) is 8.48. The van der Waals surface area contributed by atoms with E-state index in [2.05, 4.69) is 25.7 Å². The predicted octanol–water partition coefficient (Wildman–Crippen LogP) is 3.31. The number of hydrogen-bond donors (Lipinski definition) is 0. The Morgan fingerprint density at radius 1 is 1.22 bits per heavy atom. The molecular weight excluding hydrogens is 108 g/mol. The lowest BCUT2D eigenvalue weighted by Crippen LogP contribution is -1.70. The molecule has 0 unspecified atom stereocenters. The normalized spacial score (nSPS) is 10.3. The average Bonchev–Trinajstić information content (AvgIpc) is 1.89. The molecule has 0 aliphatic carbocycles. The summed E-state index contributed by atoms with van der Waals surface area (Å²) in [6.45, 7) is 5.72. The van der Waals surface area contributed by atoms with Crippen molar-refractivity contribution in [1.82, 2.24) is 0 Å². The molecule has 0 N–H and O–H groups in total. The van der Waals surface area contributed by atoms with Gasteiger partial charge in [-0.2, -0.15) is 0 Å². The molecule has 0 aromatic heterocycles. The van der Waals surface area contributed by atoms with Crippen molar-refractivity contribution in [3.63, 3.8) is 0 Å². The Kier molecular flexibility index (Phi) is 7.05. The van der Waals surface area contributed by atoms with Crippen LogP contribution in [0.1, 0.15) is 32.6 Å². The van der Waals surface area contributed by atoms with E-state index in [-0.39, 0.29) is 0 Å². The molecule has 0 atom stereocenters. The lowest BCUT2D eigenvalue weighted by molar-refractivity contribution is 0.762. The van der Waals surface area contributed by atoms with Gasteiger partial charge in [0.2, 0.25) is 0 Å². The van der Waals surface area contributed by atoms with E-state index < -0.39 is 0 Å². The Labute approximate surface area is 58.3 Å². The SMILES string of the molecule is C=CCCCC/C=C/C. The molecule has 0 aromatic carbocycles. The zero-order valence-electron chi connectivity index (χ0n) is 6.27. The van der Waals surface area contributed by atoms with Gasteiger partial charge < -0.3 is 0 Å². The minimum atomic E-state index is 1.16. The molecule has 0 nitrogen and oxygen atoms in total. The van der Waals surface area contributed by atoms with Crippen molar-refractivity contribution in [2.24, 2.45) is 0 Å². The zero-order valence-corrected chi connectivity index (χ0v) is 6.27. The minimum absolute atomic E-state index is 1.16. The summed E-state index contributed by atoms with van der Waals surface area (Å²) in [5.41, 5.74) is 0. The van der Waals surface area contributed by atoms with Gasteiger partial charge in [-0.1, -0.05) is 18.2 Å². The summed E-state index contributed by atoms with van der Waals surface area (Å²) < 4.78 is 0. The highest BCUT2D eigenvalue weighted by molar-refractivity contribution is 4.77. The fourth-order valence-electron chi connectivity index (χ4n) is 0.718. The first-order valence-electron chi connectivity index (χ1n) is 3.64. The van der Waals surface area contributed by atoms with Crippen LogP contribution in [-0.2, 0) is 0 Å². The molecule has 0 saturated carbocycles. The molecule has 0 fully saturated rings. The maximum absolute atomic E-state index is 3.66. The van der Waals surface area contributed by atoms with E-state index in [9.17, 15) is 0 Å². The number of hydrogen-bond acceptors (Lipinski definition) is 0. The minimum Gasteiger partial charge on any atom is -0.103 e. The molecule has 0 spiro atoms. The molecule has 52 valence electrons. The molecule has 0 aliphatic heterocycles.